The van der Waals surface area contributed by atoms with Crippen LogP contribution in [0.5, 0.6) is 11.5 Å². The van der Waals surface area contributed by atoms with Gasteiger partial charge in [-0.2, -0.15) is 0 Å². The molecule has 1 aliphatic heterocycles. The minimum Gasteiger partial charge on any atom is -0.508 e. The summed E-state index contributed by atoms with van der Waals surface area (Å²) in [4.78, 5) is 0. The quantitative estimate of drug-likeness (QED) is 0.870. The standard InChI is InChI=1S/C10H12BrNO2/c11-9-5-8(13)1-2-10(9)14-6-7-3-4-12-7/h1-2,5,7,12-13H,3-4,6H2. The number of nitrogens with one attached hydrogen (secondary N) is 1. The third-order valence-corrected chi connectivity index (χ3v) is 2.90. The minimum atomic E-state index is 0.242. The lowest BCUT2D eigenvalue weighted by Gasteiger charge is -2.27. The maximum atomic E-state index is 9.17. The summed E-state index contributed by atoms with van der Waals surface area (Å²) in [5.74, 6) is 1.02. The van der Waals surface area contributed by atoms with E-state index < -0.39 is 0 Å². The molecule has 0 aromatic heterocycles. The summed E-state index contributed by atoms with van der Waals surface area (Å²) in [5.41, 5.74) is 0. The van der Waals surface area contributed by atoms with Crippen LogP contribution < -0.4 is 10.1 Å². The van der Waals surface area contributed by atoms with Gasteiger partial charge in [-0.3, -0.25) is 0 Å². The summed E-state index contributed by atoms with van der Waals surface area (Å²) in [6.07, 6.45) is 1.18. The molecule has 0 radical (unpaired) electrons. The molecular formula is C10H12BrNO2. The van der Waals surface area contributed by atoms with Crippen molar-refractivity contribution in [2.45, 2.75) is 12.5 Å². The molecule has 2 N–H and O–H groups in total. The Morgan fingerprint density at radius 1 is 1.57 bits per heavy atom. The van der Waals surface area contributed by atoms with E-state index in [1.165, 1.54) is 6.42 Å². The summed E-state index contributed by atoms with van der Waals surface area (Å²) in [7, 11) is 0. The van der Waals surface area contributed by atoms with E-state index in [1.54, 1.807) is 18.2 Å². The number of phenols is 1. The largest absolute Gasteiger partial charge is 0.508 e. The number of aromatic hydroxyl groups is 1. The molecular weight excluding hydrogens is 246 g/mol. The first-order chi connectivity index (χ1) is 6.75. The maximum absolute atomic E-state index is 9.17. The van der Waals surface area contributed by atoms with Crippen LogP contribution in [0.15, 0.2) is 22.7 Å². The molecule has 0 amide bonds. The minimum absolute atomic E-state index is 0.242. The molecule has 1 aromatic carbocycles. The van der Waals surface area contributed by atoms with Gasteiger partial charge in [0.15, 0.2) is 0 Å². The number of hydrogen-bond donors (Lipinski definition) is 2. The van der Waals surface area contributed by atoms with E-state index in [1.807, 2.05) is 0 Å². The molecule has 1 aliphatic rings. The van der Waals surface area contributed by atoms with Gasteiger partial charge in [-0.15, -0.1) is 0 Å². The van der Waals surface area contributed by atoms with Crippen LogP contribution in [-0.2, 0) is 0 Å². The summed E-state index contributed by atoms with van der Waals surface area (Å²) >= 11 is 3.33. The molecule has 76 valence electrons. The van der Waals surface area contributed by atoms with Gasteiger partial charge in [-0.25, -0.2) is 0 Å². The highest BCUT2D eigenvalue weighted by Gasteiger charge is 2.17. The molecule has 1 saturated heterocycles. The van der Waals surface area contributed by atoms with Gasteiger partial charge in [0.1, 0.15) is 18.1 Å². The van der Waals surface area contributed by atoms with Crippen molar-refractivity contribution in [2.24, 2.45) is 0 Å². The highest BCUT2D eigenvalue weighted by atomic mass is 79.9. The molecule has 14 heavy (non-hydrogen) atoms. The van der Waals surface area contributed by atoms with E-state index in [4.69, 9.17) is 4.74 Å². The van der Waals surface area contributed by atoms with E-state index in [-0.39, 0.29) is 5.75 Å². The Labute approximate surface area is 91.2 Å². The van der Waals surface area contributed by atoms with Crippen molar-refractivity contribution in [3.8, 4) is 11.5 Å². The lowest BCUT2D eigenvalue weighted by atomic mass is 10.1. The first-order valence-corrected chi connectivity index (χ1v) is 5.40. The fraction of sp³-hybridized carbons (Fsp3) is 0.400. The Morgan fingerprint density at radius 2 is 2.36 bits per heavy atom. The third-order valence-electron chi connectivity index (χ3n) is 2.28. The predicted molar refractivity (Wildman–Crippen MR) is 57.7 cm³/mol. The molecule has 0 spiro atoms. The molecule has 1 atom stereocenters. The van der Waals surface area contributed by atoms with Crippen LogP contribution in [0.2, 0.25) is 0 Å². The average molecular weight is 258 g/mol. The van der Waals surface area contributed by atoms with Crippen molar-refractivity contribution < 1.29 is 9.84 Å². The van der Waals surface area contributed by atoms with E-state index in [2.05, 4.69) is 21.2 Å². The number of ether oxygens (including phenoxy) is 1. The van der Waals surface area contributed by atoms with Crippen molar-refractivity contribution in [2.75, 3.05) is 13.2 Å². The Balaban J connectivity index is 1.94. The molecule has 0 bridgehead atoms. The van der Waals surface area contributed by atoms with E-state index in [9.17, 15) is 5.11 Å². The maximum Gasteiger partial charge on any atom is 0.133 e. The Hall–Kier alpha value is -0.740. The van der Waals surface area contributed by atoms with Gasteiger partial charge in [0.2, 0.25) is 0 Å². The smallest absolute Gasteiger partial charge is 0.133 e. The monoisotopic (exact) mass is 257 g/mol. The predicted octanol–water partition coefficient (Wildman–Crippen LogP) is 1.90. The summed E-state index contributed by atoms with van der Waals surface area (Å²) < 4.78 is 6.36. The zero-order chi connectivity index (χ0) is 9.97. The molecule has 4 heteroatoms. The van der Waals surface area contributed by atoms with E-state index >= 15 is 0 Å². The SMILES string of the molecule is Oc1ccc(OCC2CCN2)c(Br)c1. The van der Waals surface area contributed by atoms with Gasteiger partial charge in [0, 0.05) is 6.04 Å². The van der Waals surface area contributed by atoms with Crippen LogP contribution in [0.25, 0.3) is 0 Å². The van der Waals surface area contributed by atoms with Crippen LogP contribution in [0.1, 0.15) is 6.42 Å². The number of phenolic OH excluding ortho intramolecular Hbond substituents is 1. The molecule has 1 unspecified atom stereocenters. The molecule has 0 saturated carbocycles. The Bertz CT molecular complexity index is 326. The number of halogens is 1. The first-order valence-electron chi connectivity index (χ1n) is 4.60. The second-order valence-corrected chi connectivity index (χ2v) is 4.22. The average Bonchev–Trinajstić information content (AvgIpc) is 2.05. The van der Waals surface area contributed by atoms with Gasteiger partial charge >= 0.3 is 0 Å². The summed E-state index contributed by atoms with van der Waals surface area (Å²) in [5, 5.41) is 12.4. The van der Waals surface area contributed by atoms with Crippen LogP contribution in [0, 0.1) is 0 Å². The van der Waals surface area contributed by atoms with Crippen molar-refractivity contribution in [1.29, 1.82) is 0 Å². The van der Waals surface area contributed by atoms with Crippen LogP contribution in [0.3, 0.4) is 0 Å². The van der Waals surface area contributed by atoms with E-state index in [0.29, 0.717) is 12.6 Å². The molecule has 1 aromatic rings. The number of rotatable bonds is 3. The van der Waals surface area contributed by atoms with Gasteiger partial charge in [-0.05, 0) is 47.1 Å². The molecule has 1 heterocycles. The topological polar surface area (TPSA) is 41.5 Å². The zero-order valence-electron chi connectivity index (χ0n) is 7.66. The van der Waals surface area contributed by atoms with E-state index in [0.717, 1.165) is 16.8 Å². The zero-order valence-corrected chi connectivity index (χ0v) is 9.25. The lowest BCUT2D eigenvalue weighted by molar-refractivity contribution is 0.216. The van der Waals surface area contributed by atoms with Crippen molar-refractivity contribution in [3.63, 3.8) is 0 Å². The molecule has 0 aliphatic carbocycles. The van der Waals surface area contributed by atoms with Crippen molar-refractivity contribution in [1.82, 2.24) is 5.32 Å². The van der Waals surface area contributed by atoms with Gasteiger partial charge in [0.05, 0.1) is 4.47 Å². The summed E-state index contributed by atoms with van der Waals surface area (Å²) in [6, 6.07) is 5.49. The molecule has 1 fully saturated rings. The second kappa shape index (κ2) is 4.19. The van der Waals surface area contributed by atoms with Gasteiger partial charge < -0.3 is 15.2 Å². The lowest BCUT2D eigenvalue weighted by Crippen LogP contribution is -2.46. The van der Waals surface area contributed by atoms with Crippen molar-refractivity contribution in [3.05, 3.63) is 22.7 Å². The Kier molecular flexibility index (Phi) is 2.93. The summed E-state index contributed by atoms with van der Waals surface area (Å²) in [6.45, 7) is 1.77. The van der Waals surface area contributed by atoms with Crippen molar-refractivity contribution >= 4 is 15.9 Å². The fourth-order valence-corrected chi connectivity index (χ4v) is 1.77. The van der Waals surface area contributed by atoms with Gasteiger partial charge in [0.25, 0.3) is 0 Å². The highest BCUT2D eigenvalue weighted by molar-refractivity contribution is 9.10. The van der Waals surface area contributed by atoms with Crippen LogP contribution in [0.4, 0.5) is 0 Å². The number of hydrogen-bond acceptors (Lipinski definition) is 3. The van der Waals surface area contributed by atoms with Gasteiger partial charge in [-0.1, -0.05) is 0 Å². The molecule has 2 rings (SSSR count). The Morgan fingerprint density at radius 3 is 2.93 bits per heavy atom. The molecule has 3 nitrogen and oxygen atoms in total. The van der Waals surface area contributed by atoms with Crippen LogP contribution >= 0.6 is 15.9 Å². The first kappa shape index (κ1) is 9.80. The van der Waals surface area contributed by atoms with Crippen LogP contribution in [-0.4, -0.2) is 24.3 Å². The number of benzene rings is 1. The normalized spacial score (nSPS) is 20.2. The third kappa shape index (κ3) is 2.19. The fourth-order valence-electron chi connectivity index (χ4n) is 1.29. The highest BCUT2D eigenvalue weighted by Crippen LogP contribution is 2.28. The second-order valence-electron chi connectivity index (χ2n) is 3.37.